The molecule has 0 unspecified atom stereocenters. The number of nitro benzene ring substituents is 1. The molecule has 0 spiro atoms. The third-order valence-corrected chi connectivity index (χ3v) is 4.54. The molecule has 0 radical (unpaired) electrons. The first kappa shape index (κ1) is 18.0. The van der Waals surface area contributed by atoms with Crippen molar-refractivity contribution in [1.29, 1.82) is 0 Å². The van der Waals surface area contributed by atoms with Crippen molar-refractivity contribution in [2.45, 2.75) is 13.3 Å². The van der Waals surface area contributed by atoms with Crippen LogP contribution in [0.5, 0.6) is 0 Å². The standard InChI is InChI=1S/C18H14ClN3O3S/c1-2-11-4-3-5-13(8-11)21-17(23)15(20-18(21)26)9-12-6-7-14(19)16(10-12)22(24)25/h3-10H,2H2,1H3,(H,20,26)/b15-9+. The van der Waals surface area contributed by atoms with Crippen molar-refractivity contribution in [1.82, 2.24) is 5.32 Å². The molecule has 1 aliphatic rings. The number of nitro groups is 1. The van der Waals surface area contributed by atoms with Crippen LogP contribution in [0.3, 0.4) is 0 Å². The summed E-state index contributed by atoms with van der Waals surface area (Å²) >= 11 is 11.1. The maximum Gasteiger partial charge on any atom is 0.288 e. The second-order valence-electron chi connectivity index (χ2n) is 5.62. The summed E-state index contributed by atoms with van der Waals surface area (Å²) in [5, 5.41) is 14.2. The highest BCUT2D eigenvalue weighted by Gasteiger charge is 2.32. The van der Waals surface area contributed by atoms with E-state index in [4.69, 9.17) is 23.8 Å². The Balaban J connectivity index is 1.95. The number of hydrogen-bond acceptors (Lipinski definition) is 4. The van der Waals surface area contributed by atoms with Gasteiger partial charge in [-0.05, 0) is 54.0 Å². The summed E-state index contributed by atoms with van der Waals surface area (Å²) in [5.74, 6) is -0.319. The zero-order chi connectivity index (χ0) is 18.8. The van der Waals surface area contributed by atoms with E-state index in [2.05, 4.69) is 5.32 Å². The van der Waals surface area contributed by atoms with Gasteiger partial charge >= 0.3 is 0 Å². The van der Waals surface area contributed by atoms with E-state index in [-0.39, 0.29) is 27.4 Å². The van der Waals surface area contributed by atoms with Gasteiger partial charge in [-0.1, -0.05) is 36.7 Å². The molecule has 26 heavy (non-hydrogen) atoms. The lowest BCUT2D eigenvalue weighted by molar-refractivity contribution is -0.384. The largest absolute Gasteiger partial charge is 0.327 e. The number of thiocarbonyl (C=S) groups is 1. The molecule has 0 atom stereocenters. The van der Waals surface area contributed by atoms with Gasteiger partial charge in [-0.3, -0.25) is 19.8 Å². The molecule has 8 heteroatoms. The van der Waals surface area contributed by atoms with Crippen molar-refractivity contribution >= 4 is 52.3 Å². The highest BCUT2D eigenvalue weighted by molar-refractivity contribution is 7.80. The molecule has 1 amide bonds. The van der Waals surface area contributed by atoms with E-state index in [1.54, 1.807) is 12.1 Å². The second-order valence-corrected chi connectivity index (χ2v) is 6.41. The summed E-state index contributed by atoms with van der Waals surface area (Å²) in [6.45, 7) is 2.03. The van der Waals surface area contributed by atoms with Gasteiger partial charge in [-0.25, -0.2) is 0 Å². The van der Waals surface area contributed by atoms with E-state index in [1.165, 1.54) is 23.1 Å². The Morgan fingerprint density at radius 1 is 1.31 bits per heavy atom. The van der Waals surface area contributed by atoms with Gasteiger partial charge in [0.05, 0.1) is 10.6 Å². The van der Waals surface area contributed by atoms with Crippen LogP contribution >= 0.6 is 23.8 Å². The Morgan fingerprint density at radius 2 is 2.08 bits per heavy atom. The number of carbonyl (C=O) groups is 1. The van der Waals surface area contributed by atoms with E-state index >= 15 is 0 Å². The zero-order valence-electron chi connectivity index (χ0n) is 13.7. The van der Waals surface area contributed by atoms with Gasteiger partial charge in [0.1, 0.15) is 10.7 Å². The van der Waals surface area contributed by atoms with Gasteiger partial charge < -0.3 is 5.32 Å². The number of carbonyl (C=O) groups excluding carboxylic acids is 1. The van der Waals surface area contributed by atoms with Crippen molar-refractivity contribution in [2.24, 2.45) is 0 Å². The average Bonchev–Trinajstić information content (AvgIpc) is 2.90. The Hall–Kier alpha value is -2.77. The first-order valence-corrected chi connectivity index (χ1v) is 8.59. The summed E-state index contributed by atoms with van der Waals surface area (Å²) < 4.78 is 0. The highest BCUT2D eigenvalue weighted by atomic mass is 35.5. The quantitative estimate of drug-likeness (QED) is 0.370. The summed E-state index contributed by atoms with van der Waals surface area (Å²) in [6.07, 6.45) is 2.36. The number of halogens is 1. The zero-order valence-corrected chi connectivity index (χ0v) is 15.3. The molecule has 1 aliphatic heterocycles. The smallest absolute Gasteiger partial charge is 0.288 e. The summed E-state index contributed by atoms with van der Waals surface area (Å²) in [5.41, 5.74) is 2.26. The molecule has 3 rings (SSSR count). The van der Waals surface area contributed by atoms with Gasteiger partial charge in [-0.2, -0.15) is 0 Å². The molecule has 6 nitrogen and oxygen atoms in total. The Kier molecular flexibility index (Phi) is 5.01. The van der Waals surface area contributed by atoms with Crippen LogP contribution in [-0.4, -0.2) is 15.9 Å². The van der Waals surface area contributed by atoms with Crippen LogP contribution in [0.15, 0.2) is 48.2 Å². The highest BCUT2D eigenvalue weighted by Crippen LogP contribution is 2.28. The maximum atomic E-state index is 12.8. The molecular weight excluding hydrogens is 374 g/mol. The van der Waals surface area contributed by atoms with E-state index in [9.17, 15) is 14.9 Å². The lowest BCUT2D eigenvalue weighted by Gasteiger charge is -2.14. The topological polar surface area (TPSA) is 75.5 Å². The molecule has 1 saturated heterocycles. The van der Waals surface area contributed by atoms with Gasteiger partial charge in [0.2, 0.25) is 0 Å². The van der Waals surface area contributed by atoms with E-state index in [0.29, 0.717) is 11.3 Å². The molecule has 0 bridgehead atoms. The molecule has 1 heterocycles. The average molecular weight is 388 g/mol. The number of rotatable bonds is 4. The van der Waals surface area contributed by atoms with E-state index in [0.717, 1.165) is 12.0 Å². The molecule has 2 aromatic carbocycles. The first-order chi connectivity index (χ1) is 12.4. The number of nitrogens with zero attached hydrogens (tertiary/aromatic N) is 2. The van der Waals surface area contributed by atoms with Crippen LogP contribution in [0.1, 0.15) is 18.1 Å². The van der Waals surface area contributed by atoms with Crippen LogP contribution in [0.4, 0.5) is 11.4 Å². The predicted molar refractivity (Wildman–Crippen MR) is 105 cm³/mol. The Bertz CT molecular complexity index is 958. The van der Waals surface area contributed by atoms with Crippen LogP contribution < -0.4 is 10.2 Å². The fraction of sp³-hybridized carbons (Fsp3) is 0.111. The molecular formula is C18H14ClN3O3S. The van der Waals surface area contributed by atoms with Crippen molar-refractivity contribution in [3.8, 4) is 0 Å². The fourth-order valence-electron chi connectivity index (χ4n) is 2.61. The number of hydrogen-bond donors (Lipinski definition) is 1. The summed E-state index contributed by atoms with van der Waals surface area (Å²) in [6, 6.07) is 11.9. The summed E-state index contributed by atoms with van der Waals surface area (Å²) in [4.78, 5) is 24.6. The SMILES string of the molecule is CCc1cccc(N2C(=O)/C(=C\c3ccc(Cl)c([N+](=O)[O-])c3)NC2=S)c1. The van der Waals surface area contributed by atoms with Gasteiger partial charge in [0, 0.05) is 6.07 Å². The number of amides is 1. The second kappa shape index (κ2) is 7.23. The molecule has 0 aliphatic carbocycles. The van der Waals surface area contributed by atoms with Crippen LogP contribution in [-0.2, 0) is 11.2 Å². The lowest BCUT2D eigenvalue weighted by Crippen LogP contribution is -2.30. The number of anilines is 1. The predicted octanol–water partition coefficient (Wildman–Crippen LogP) is 4.07. The van der Waals surface area contributed by atoms with Crippen LogP contribution in [0.2, 0.25) is 5.02 Å². The van der Waals surface area contributed by atoms with Crippen molar-refractivity contribution in [2.75, 3.05) is 4.90 Å². The first-order valence-electron chi connectivity index (χ1n) is 7.80. The molecule has 0 aromatic heterocycles. The molecule has 1 N–H and O–H groups in total. The van der Waals surface area contributed by atoms with Crippen molar-refractivity contribution < 1.29 is 9.72 Å². The molecule has 1 fully saturated rings. The van der Waals surface area contributed by atoms with Crippen LogP contribution in [0, 0.1) is 10.1 Å². The minimum atomic E-state index is -0.568. The molecule has 2 aromatic rings. The fourth-order valence-corrected chi connectivity index (χ4v) is 3.10. The van der Waals surface area contributed by atoms with Gasteiger partial charge in [0.15, 0.2) is 5.11 Å². The third kappa shape index (κ3) is 3.44. The van der Waals surface area contributed by atoms with E-state index < -0.39 is 4.92 Å². The summed E-state index contributed by atoms with van der Waals surface area (Å²) in [7, 11) is 0. The number of nitrogens with one attached hydrogen (secondary N) is 1. The molecule has 132 valence electrons. The van der Waals surface area contributed by atoms with Crippen LogP contribution in [0.25, 0.3) is 6.08 Å². The minimum absolute atomic E-state index is 0.0383. The van der Waals surface area contributed by atoms with E-state index in [1.807, 2.05) is 25.1 Å². The third-order valence-electron chi connectivity index (χ3n) is 3.93. The normalized spacial score (nSPS) is 15.5. The number of aryl methyl sites for hydroxylation is 1. The Morgan fingerprint density at radius 3 is 2.77 bits per heavy atom. The van der Waals surface area contributed by atoms with Crippen molar-refractivity contribution in [3.63, 3.8) is 0 Å². The Labute approximate surface area is 160 Å². The lowest BCUT2D eigenvalue weighted by atomic mass is 10.1. The number of benzene rings is 2. The van der Waals surface area contributed by atoms with Crippen molar-refractivity contribution in [3.05, 3.63) is 74.4 Å². The van der Waals surface area contributed by atoms with Gasteiger partial charge in [-0.15, -0.1) is 0 Å². The monoisotopic (exact) mass is 387 g/mol. The van der Waals surface area contributed by atoms with Gasteiger partial charge in [0.25, 0.3) is 11.6 Å². The maximum absolute atomic E-state index is 12.8. The molecule has 0 saturated carbocycles. The minimum Gasteiger partial charge on any atom is -0.327 e.